The normalized spacial score (nSPS) is 8.00. The van der Waals surface area contributed by atoms with Crippen molar-refractivity contribution < 1.29 is 0 Å². The standard InChI is InChI=1S/C5H6ClN3.C2H6/c1-7-5-3-2-4(6)8-9-5;1-2/h2-3H,1H3,(H,7,9);1-2H3. The average Bonchev–Trinajstić information content (AvgIpc) is 2.10. The summed E-state index contributed by atoms with van der Waals surface area (Å²) in [6, 6.07) is 3.44. The molecule has 0 aliphatic rings. The molecule has 0 aliphatic carbocycles. The number of rotatable bonds is 1. The monoisotopic (exact) mass is 173 g/mol. The van der Waals surface area contributed by atoms with Crippen LogP contribution in [0.5, 0.6) is 0 Å². The number of aromatic nitrogens is 2. The predicted octanol–water partition coefficient (Wildman–Crippen LogP) is 2.20. The SMILES string of the molecule is CC.CNc1ccc(Cl)nn1. The summed E-state index contributed by atoms with van der Waals surface area (Å²) in [5.41, 5.74) is 0. The van der Waals surface area contributed by atoms with Gasteiger partial charge in [-0.15, -0.1) is 10.2 Å². The maximum Gasteiger partial charge on any atom is 0.151 e. The summed E-state index contributed by atoms with van der Waals surface area (Å²) in [6.07, 6.45) is 0. The molecule has 1 aromatic heterocycles. The van der Waals surface area contributed by atoms with Gasteiger partial charge < -0.3 is 5.32 Å². The third kappa shape index (κ3) is 3.78. The maximum absolute atomic E-state index is 5.47. The summed E-state index contributed by atoms with van der Waals surface area (Å²) >= 11 is 5.47. The lowest BCUT2D eigenvalue weighted by Gasteiger charge is -1.93. The Morgan fingerprint density at radius 1 is 1.27 bits per heavy atom. The first-order valence-electron chi connectivity index (χ1n) is 3.50. The number of hydrogen-bond donors (Lipinski definition) is 1. The van der Waals surface area contributed by atoms with Gasteiger partial charge in [0, 0.05) is 7.05 Å². The first-order chi connectivity index (χ1) is 5.33. The summed E-state index contributed by atoms with van der Waals surface area (Å²) in [5.74, 6) is 0.722. The van der Waals surface area contributed by atoms with Crippen LogP contribution in [-0.4, -0.2) is 17.2 Å². The molecule has 0 amide bonds. The number of halogens is 1. The van der Waals surface area contributed by atoms with Crippen LogP contribution in [0.2, 0.25) is 5.15 Å². The third-order valence-corrected chi connectivity index (χ3v) is 1.09. The molecule has 1 N–H and O–H groups in total. The largest absolute Gasteiger partial charge is 0.372 e. The van der Waals surface area contributed by atoms with E-state index in [1.807, 2.05) is 13.8 Å². The molecule has 1 aromatic rings. The van der Waals surface area contributed by atoms with Crippen molar-refractivity contribution in [3.63, 3.8) is 0 Å². The molecule has 0 radical (unpaired) electrons. The molecule has 11 heavy (non-hydrogen) atoms. The van der Waals surface area contributed by atoms with E-state index >= 15 is 0 Å². The molecular formula is C7H12ClN3. The Balaban J connectivity index is 0.000000461. The minimum Gasteiger partial charge on any atom is -0.372 e. The molecule has 62 valence electrons. The zero-order valence-electron chi connectivity index (χ0n) is 6.93. The zero-order valence-corrected chi connectivity index (χ0v) is 7.68. The summed E-state index contributed by atoms with van der Waals surface area (Å²) in [4.78, 5) is 0. The smallest absolute Gasteiger partial charge is 0.151 e. The van der Waals surface area contributed by atoms with Gasteiger partial charge in [0.2, 0.25) is 0 Å². The van der Waals surface area contributed by atoms with Crippen LogP contribution in [0.1, 0.15) is 13.8 Å². The van der Waals surface area contributed by atoms with Crippen LogP contribution in [0.3, 0.4) is 0 Å². The van der Waals surface area contributed by atoms with Crippen molar-refractivity contribution in [1.29, 1.82) is 0 Å². The van der Waals surface area contributed by atoms with Gasteiger partial charge in [-0.3, -0.25) is 0 Å². The van der Waals surface area contributed by atoms with Crippen LogP contribution in [0, 0.1) is 0 Å². The van der Waals surface area contributed by atoms with Crippen LogP contribution >= 0.6 is 11.6 Å². The second-order valence-electron chi connectivity index (χ2n) is 1.49. The maximum atomic E-state index is 5.47. The van der Waals surface area contributed by atoms with E-state index in [1.54, 1.807) is 19.2 Å². The molecule has 0 unspecified atom stereocenters. The van der Waals surface area contributed by atoms with E-state index in [-0.39, 0.29) is 0 Å². The first kappa shape index (κ1) is 10.2. The summed E-state index contributed by atoms with van der Waals surface area (Å²) < 4.78 is 0. The molecule has 0 aliphatic heterocycles. The molecule has 4 heteroatoms. The van der Waals surface area contributed by atoms with E-state index in [0.29, 0.717) is 5.15 Å². The highest BCUT2D eigenvalue weighted by molar-refractivity contribution is 6.29. The van der Waals surface area contributed by atoms with Gasteiger partial charge in [0.15, 0.2) is 5.15 Å². The number of nitrogens with one attached hydrogen (secondary N) is 1. The zero-order chi connectivity index (χ0) is 8.69. The Kier molecular flexibility index (Phi) is 5.47. The second kappa shape index (κ2) is 5.92. The van der Waals surface area contributed by atoms with Gasteiger partial charge in [-0.1, -0.05) is 25.4 Å². The average molecular weight is 174 g/mol. The number of anilines is 1. The molecule has 3 nitrogen and oxygen atoms in total. The summed E-state index contributed by atoms with van der Waals surface area (Å²) in [5, 5.41) is 10.5. The highest BCUT2D eigenvalue weighted by Gasteiger charge is 1.88. The minimum atomic E-state index is 0.411. The fourth-order valence-electron chi connectivity index (χ4n) is 0.449. The Bertz CT molecular complexity index is 185. The molecule has 0 fully saturated rings. The quantitative estimate of drug-likeness (QED) is 0.708. The van der Waals surface area contributed by atoms with Crippen LogP contribution < -0.4 is 5.32 Å². The van der Waals surface area contributed by atoms with E-state index in [1.165, 1.54) is 0 Å². The summed E-state index contributed by atoms with van der Waals surface area (Å²) in [6.45, 7) is 4.00. The molecular weight excluding hydrogens is 162 g/mol. The highest BCUT2D eigenvalue weighted by atomic mass is 35.5. The van der Waals surface area contributed by atoms with Gasteiger partial charge in [-0.05, 0) is 12.1 Å². The molecule has 0 saturated carbocycles. The fourth-order valence-corrected chi connectivity index (χ4v) is 0.550. The van der Waals surface area contributed by atoms with E-state index in [2.05, 4.69) is 15.5 Å². The predicted molar refractivity (Wildman–Crippen MR) is 47.9 cm³/mol. The van der Waals surface area contributed by atoms with Crippen LogP contribution in [0.15, 0.2) is 12.1 Å². The lowest BCUT2D eigenvalue weighted by molar-refractivity contribution is 1.03. The summed E-state index contributed by atoms with van der Waals surface area (Å²) in [7, 11) is 1.78. The Morgan fingerprint density at radius 2 is 1.91 bits per heavy atom. The lowest BCUT2D eigenvalue weighted by atomic mass is 10.5. The minimum absolute atomic E-state index is 0.411. The molecule has 0 atom stereocenters. The van der Waals surface area contributed by atoms with Gasteiger partial charge in [0.05, 0.1) is 0 Å². The topological polar surface area (TPSA) is 37.8 Å². The number of hydrogen-bond acceptors (Lipinski definition) is 3. The molecule has 0 bridgehead atoms. The Morgan fingerprint density at radius 3 is 2.27 bits per heavy atom. The molecule has 1 rings (SSSR count). The van der Waals surface area contributed by atoms with Crippen molar-refractivity contribution in [2.24, 2.45) is 0 Å². The van der Waals surface area contributed by atoms with Crippen molar-refractivity contribution in [2.75, 3.05) is 12.4 Å². The van der Waals surface area contributed by atoms with Crippen molar-refractivity contribution in [3.8, 4) is 0 Å². The van der Waals surface area contributed by atoms with E-state index < -0.39 is 0 Å². The van der Waals surface area contributed by atoms with Crippen LogP contribution in [0.25, 0.3) is 0 Å². The highest BCUT2D eigenvalue weighted by Crippen LogP contribution is 2.04. The fraction of sp³-hybridized carbons (Fsp3) is 0.429. The third-order valence-electron chi connectivity index (χ3n) is 0.888. The molecule has 0 aromatic carbocycles. The van der Waals surface area contributed by atoms with Crippen molar-refractivity contribution in [2.45, 2.75) is 13.8 Å². The van der Waals surface area contributed by atoms with E-state index in [9.17, 15) is 0 Å². The van der Waals surface area contributed by atoms with Gasteiger partial charge in [0.1, 0.15) is 5.82 Å². The van der Waals surface area contributed by atoms with Crippen LogP contribution in [0.4, 0.5) is 5.82 Å². The molecule has 0 saturated heterocycles. The second-order valence-corrected chi connectivity index (χ2v) is 1.88. The van der Waals surface area contributed by atoms with E-state index in [4.69, 9.17) is 11.6 Å². The van der Waals surface area contributed by atoms with Crippen molar-refractivity contribution >= 4 is 17.4 Å². The van der Waals surface area contributed by atoms with Gasteiger partial charge in [-0.25, -0.2) is 0 Å². The Labute approximate surface area is 71.8 Å². The van der Waals surface area contributed by atoms with Crippen molar-refractivity contribution in [3.05, 3.63) is 17.3 Å². The molecule has 1 heterocycles. The lowest BCUT2D eigenvalue weighted by Crippen LogP contribution is -1.92. The van der Waals surface area contributed by atoms with E-state index in [0.717, 1.165) is 5.82 Å². The first-order valence-corrected chi connectivity index (χ1v) is 3.87. The van der Waals surface area contributed by atoms with Gasteiger partial charge in [-0.2, -0.15) is 0 Å². The molecule has 0 spiro atoms. The Hall–Kier alpha value is -0.830. The van der Waals surface area contributed by atoms with Crippen LogP contribution in [-0.2, 0) is 0 Å². The van der Waals surface area contributed by atoms with Gasteiger partial charge >= 0.3 is 0 Å². The number of nitrogens with zero attached hydrogens (tertiary/aromatic N) is 2. The van der Waals surface area contributed by atoms with Crippen molar-refractivity contribution in [1.82, 2.24) is 10.2 Å². The van der Waals surface area contributed by atoms with Gasteiger partial charge in [0.25, 0.3) is 0 Å².